The molecule has 0 aliphatic rings. The maximum Gasteiger partial charge on any atom is 0.134 e. The molecule has 0 aliphatic heterocycles. The van der Waals surface area contributed by atoms with Gasteiger partial charge >= 0.3 is 0 Å². The van der Waals surface area contributed by atoms with Gasteiger partial charge in [-0.1, -0.05) is 19.8 Å². The topological polar surface area (TPSA) is 20.3 Å². The van der Waals surface area contributed by atoms with Crippen molar-refractivity contribution in [3.05, 3.63) is 0 Å². The van der Waals surface area contributed by atoms with Gasteiger partial charge in [0, 0.05) is 12.5 Å². The Morgan fingerprint density at radius 3 is 2.33 bits per heavy atom. The molecule has 0 saturated heterocycles. The third-order valence-electron chi connectivity index (χ3n) is 2.07. The van der Waals surface area contributed by atoms with E-state index in [9.17, 15) is 4.79 Å². The highest BCUT2D eigenvalue weighted by Crippen LogP contribution is 2.10. The molecule has 0 heterocycles. The monoisotopic (exact) mass is 171 g/mol. The second kappa shape index (κ2) is 6.18. The van der Waals surface area contributed by atoms with Crippen molar-refractivity contribution in [1.29, 1.82) is 0 Å². The molecule has 0 aromatic rings. The van der Waals surface area contributed by atoms with Crippen LogP contribution in [-0.4, -0.2) is 31.3 Å². The largest absolute Gasteiger partial charge is 0.309 e. The lowest BCUT2D eigenvalue weighted by molar-refractivity contribution is -0.121. The van der Waals surface area contributed by atoms with Crippen molar-refractivity contribution in [2.75, 3.05) is 20.6 Å². The number of nitrogens with zero attached hydrogens (tertiary/aromatic N) is 1. The standard InChI is InChI=1S/C10H21NO/c1-5-6-7-10(9(2)12)8-11(3)4/h10H,5-8H2,1-4H3. The minimum Gasteiger partial charge on any atom is -0.309 e. The van der Waals surface area contributed by atoms with Crippen LogP contribution in [0.1, 0.15) is 33.1 Å². The van der Waals surface area contributed by atoms with Crippen LogP contribution in [0, 0.1) is 5.92 Å². The summed E-state index contributed by atoms with van der Waals surface area (Å²) in [6, 6.07) is 0. The maximum atomic E-state index is 11.2. The first-order chi connectivity index (χ1) is 5.57. The lowest BCUT2D eigenvalue weighted by atomic mass is 9.98. The predicted octanol–water partition coefficient (Wildman–Crippen LogP) is 1.94. The van der Waals surface area contributed by atoms with Crippen LogP contribution in [-0.2, 0) is 4.79 Å². The fourth-order valence-electron chi connectivity index (χ4n) is 1.31. The van der Waals surface area contributed by atoms with Gasteiger partial charge < -0.3 is 4.90 Å². The number of Topliss-reactive ketones (excluding diaryl/α,β-unsaturated/α-hetero) is 1. The Kier molecular flexibility index (Phi) is 5.99. The van der Waals surface area contributed by atoms with E-state index in [0.717, 1.165) is 19.4 Å². The number of ketones is 1. The zero-order valence-corrected chi connectivity index (χ0v) is 8.76. The van der Waals surface area contributed by atoms with Crippen molar-refractivity contribution < 1.29 is 4.79 Å². The van der Waals surface area contributed by atoms with Crippen LogP contribution in [0.15, 0.2) is 0 Å². The van der Waals surface area contributed by atoms with Crippen molar-refractivity contribution in [3.8, 4) is 0 Å². The number of hydrogen-bond donors (Lipinski definition) is 0. The van der Waals surface area contributed by atoms with Crippen molar-refractivity contribution in [2.45, 2.75) is 33.1 Å². The highest BCUT2D eigenvalue weighted by atomic mass is 16.1. The van der Waals surface area contributed by atoms with Crippen molar-refractivity contribution in [1.82, 2.24) is 4.90 Å². The maximum absolute atomic E-state index is 11.2. The minimum absolute atomic E-state index is 0.250. The minimum atomic E-state index is 0.250. The van der Waals surface area contributed by atoms with E-state index in [-0.39, 0.29) is 5.92 Å². The van der Waals surface area contributed by atoms with E-state index in [0.29, 0.717) is 5.78 Å². The summed E-state index contributed by atoms with van der Waals surface area (Å²) in [6.45, 7) is 4.76. The number of carbonyl (C=O) groups excluding carboxylic acids is 1. The van der Waals surface area contributed by atoms with Gasteiger partial charge in [0.25, 0.3) is 0 Å². The van der Waals surface area contributed by atoms with Crippen LogP contribution in [0.4, 0.5) is 0 Å². The second-order valence-electron chi connectivity index (χ2n) is 3.71. The highest BCUT2D eigenvalue weighted by molar-refractivity contribution is 5.78. The Balaban J connectivity index is 3.78. The van der Waals surface area contributed by atoms with Gasteiger partial charge in [0.1, 0.15) is 5.78 Å². The van der Waals surface area contributed by atoms with Crippen LogP contribution in [0.5, 0.6) is 0 Å². The fraction of sp³-hybridized carbons (Fsp3) is 0.900. The SMILES string of the molecule is CCCCC(CN(C)C)C(C)=O. The average molecular weight is 171 g/mol. The molecule has 0 aromatic carbocycles. The molecule has 12 heavy (non-hydrogen) atoms. The number of hydrogen-bond acceptors (Lipinski definition) is 2. The molecule has 0 radical (unpaired) electrons. The van der Waals surface area contributed by atoms with Gasteiger partial charge in [-0.3, -0.25) is 4.79 Å². The summed E-state index contributed by atoms with van der Waals surface area (Å²) < 4.78 is 0. The molecule has 0 bridgehead atoms. The summed E-state index contributed by atoms with van der Waals surface area (Å²) in [5.41, 5.74) is 0. The van der Waals surface area contributed by atoms with Gasteiger partial charge in [0.2, 0.25) is 0 Å². The summed E-state index contributed by atoms with van der Waals surface area (Å²) in [5.74, 6) is 0.581. The third kappa shape index (κ3) is 5.30. The van der Waals surface area contributed by atoms with Gasteiger partial charge in [-0.25, -0.2) is 0 Å². The molecule has 0 amide bonds. The van der Waals surface area contributed by atoms with E-state index in [1.54, 1.807) is 6.92 Å². The Bertz CT molecular complexity index is 132. The Morgan fingerprint density at radius 2 is 2.00 bits per heavy atom. The van der Waals surface area contributed by atoms with E-state index < -0.39 is 0 Å². The van der Waals surface area contributed by atoms with Gasteiger partial charge in [-0.05, 0) is 27.4 Å². The molecule has 72 valence electrons. The second-order valence-corrected chi connectivity index (χ2v) is 3.71. The van der Waals surface area contributed by atoms with Crippen LogP contribution in [0.3, 0.4) is 0 Å². The van der Waals surface area contributed by atoms with Crippen molar-refractivity contribution in [3.63, 3.8) is 0 Å². The lowest BCUT2D eigenvalue weighted by Crippen LogP contribution is -2.26. The summed E-state index contributed by atoms with van der Waals surface area (Å²) >= 11 is 0. The number of unbranched alkanes of at least 4 members (excludes halogenated alkanes) is 1. The fourth-order valence-corrected chi connectivity index (χ4v) is 1.31. The molecule has 2 heteroatoms. The Hall–Kier alpha value is -0.370. The first-order valence-electron chi connectivity index (χ1n) is 4.73. The smallest absolute Gasteiger partial charge is 0.134 e. The normalized spacial score (nSPS) is 13.4. The molecule has 1 atom stereocenters. The van der Waals surface area contributed by atoms with E-state index >= 15 is 0 Å². The molecule has 0 saturated carbocycles. The molecule has 0 rings (SSSR count). The Morgan fingerprint density at radius 1 is 1.42 bits per heavy atom. The summed E-state index contributed by atoms with van der Waals surface area (Å²) in [7, 11) is 4.03. The van der Waals surface area contributed by atoms with Crippen LogP contribution < -0.4 is 0 Å². The highest BCUT2D eigenvalue weighted by Gasteiger charge is 2.13. The van der Waals surface area contributed by atoms with E-state index in [1.165, 1.54) is 6.42 Å². The summed E-state index contributed by atoms with van der Waals surface area (Å²) in [6.07, 6.45) is 3.39. The first-order valence-corrected chi connectivity index (χ1v) is 4.73. The van der Waals surface area contributed by atoms with E-state index in [4.69, 9.17) is 0 Å². The van der Waals surface area contributed by atoms with E-state index in [2.05, 4.69) is 11.8 Å². The molecule has 0 fully saturated rings. The molecule has 1 unspecified atom stereocenters. The van der Waals surface area contributed by atoms with Crippen LogP contribution in [0.2, 0.25) is 0 Å². The number of rotatable bonds is 6. The lowest BCUT2D eigenvalue weighted by Gasteiger charge is -2.17. The molecular weight excluding hydrogens is 150 g/mol. The molecule has 0 spiro atoms. The molecule has 0 aliphatic carbocycles. The first kappa shape index (κ1) is 11.6. The van der Waals surface area contributed by atoms with E-state index in [1.807, 2.05) is 14.1 Å². The zero-order chi connectivity index (χ0) is 9.56. The zero-order valence-electron chi connectivity index (χ0n) is 8.76. The quantitative estimate of drug-likeness (QED) is 0.608. The third-order valence-corrected chi connectivity index (χ3v) is 2.07. The molecular formula is C10H21NO. The average Bonchev–Trinajstić information content (AvgIpc) is 1.96. The summed E-state index contributed by atoms with van der Waals surface area (Å²) in [5, 5.41) is 0. The molecule has 0 aromatic heterocycles. The van der Waals surface area contributed by atoms with Crippen molar-refractivity contribution >= 4 is 5.78 Å². The summed E-state index contributed by atoms with van der Waals surface area (Å²) in [4.78, 5) is 13.2. The van der Waals surface area contributed by atoms with Gasteiger partial charge in [0.05, 0.1) is 0 Å². The number of carbonyl (C=O) groups is 1. The van der Waals surface area contributed by atoms with Crippen molar-refractivity contribution in [2.24, 2.45) is 5.92 Å². The molecule has 0 N–H and O–H groups in total. The van der Waals surface area contributed by atoms with Crippen LogP contribution >= 0.6 is 0 Å². The Labute approximate surface area is 75.9 Å². The van der Waals surface area contributed by atoms with Gasteiger partial charge in [0.15, 0.2) is 0 Å². The van der Waals surface area contributed by atoms with Gasteiger partial charge in [-0.15, -0.1) is 0 Å². The predicted molar refractivity (Wildman–Crippen MR) is 52.3 cm³/mol. The molecule has 2 nitrogen and oxygen atoms in total. The van der Waals surface area contributed by atoms with Gasteiger partial charge in [-0.2, -0.15) is 0 Å². The van der Waals surface area contributed by atoms with Crippen LogP contribution in [0.25, 0.3) is 0 Å².